The Bertz CT molecular complexity index is 1140. The van der Waals surface area contributed by atoms with Gasteiger partial charge in [0, 0.05) is 37.8 Å². The Hall–Kier alpha value is -3.12. The van der Waals surface area contributed by atoms with Crippen LogP contribution in [-0.2, 0) is 4.74 Å². The Morgan fingerprint density at radius 1 is 1.24 bits per heavy atom. The van der Waals surface area contributed by atoms with Gasteiger partial charge in [0.2, 0.25) is 5.88 Å². The fraction of sp³-hybridized carbons (Fsp3) is 0.538. The second kappa shape index (κ2) is 11.3. The molecule has 2 atom stereocenters. The van der Waals surface area contributed by atoms with E-state index in [4.69, 9.17) is 9.47 Å². The average molecular weight is 541 g/mol. The molecule has 1 aromatic heterocycles. The first-order valence-electron chi connectivity index (χ1n) is 12.5. The summed E-state index contributed by atoms with van der Waals surface area (Å²) in [5.41, 5.74) is 0.342. The predicted molar refractivity (Wildman–Crippen MR) is 134 cm³/mol. The number of aliphatic hydroxyl groups excluding tert-OH is 1. The van der Waals surface area contributed by atoms with Crippen LogP contribution >= 0.6 is 0 Å². The van der Waals surface area contributed by atoms with Crippen LogP contribution in [0.5, 0.6) is 5.88 Å². The summed E-state index contributed by atoms with van der Waals surface area (Å²) in [5, 5.41) is 11.9. The second-order valence-electron chi connectivity index (χ2n) is 9.65. The van der Waals surface area contributed by atoms with Crippen molar-refractivity contribution >= 4 is 17.5 Å². The Morgan fingerprint density at radius 2 is 1.97 bits per heavy atom. The standard InChI is InChI=1S/C26H32F4N4O4/c1-17-3-4-20(31-24(36)34-6-5-25(27,16-34)18(2)26(28,29)30)15-21(17)19-13-22(33-7-10-37-11-8-33)32-23(14-19)38-12-9-35/h3-4,13-15,18,35H,5-12,16H2,1-2H3,(H,31,36). The number of nitrogens with one attached hydrogen (secondary N) is 1. The monoisotopic (exact) mass is 540 g/mol. The molecule has 12 heteroatoms. The Balaban J connectivity index is 1.55. The first kappa shape index (κ1) is 27.9. The molecule has 2 N–H and O–H groups in total. The zero-order chi connectivity index (χ0) is 27.5. The number of ether oxygens (including phenoxy) is 2. The van der Waals surface area contributed by atoms with Crippen LogP contribution in [-0.4, -0.2) is 85.5 Å². The summed E-state index contributed by atoms with van der Waals surface area (Å²) >= 11 is 0. The van der Waals surface area contributed by atoms with E-state index in [0.29, 0.717) is 43.7 Å². The number of amides is 2. The number of alkyl halides is 4. The maximum atomic E-state index is 15.0. The number of morpholine rings is 1. The molecule has 2 fully saturated rings. The van der Waals surface area contributed by atoms with Crippen molar-refractivity contribution in [1.29, 1.82) is 0 Å². The molecule has 0 saturated carbocycles. The number of hydrogen-bond acceptors (Lipinski definition) is 6. The number of halogens is 4. The maximum absolute atomic E-state index is 15.0. The number of pyridine rings is 1. The lowest BCUT2D eigenvalue weighted by Gasteiger charge is -2.29. The molecule has 208 valence electrons. The lowest BCUT2D eigenvalue weighted by Crippen LogP contribution is -2.44. The van der Waals surface area contributed by atoms with Crippen molar-refractivity contribution in [3.05, 3.63) is 35.9 Å². The quantitative estimate of drug-likeness (QED) is 0.506. The van der Waals surface area contributed by atoms with Crippen LogP contribution in [0.4, 0.5) is 33.9 Å². The number of rotatable bonds is 7. The largest absolute Gasteiger partial charge is 0.475 e. The summed E-state index contributed by atoms with van der Waals surface area (Å²) in [5.74, 6) is -1.15. The lowest BCUT2D eigenvalue weighted by atomic mass is 9.89. The van der Waals surface area contributed by atoms with Gasteiger partial charge in [-0.15, -0.1) is 0 Å². The van der Waals surface area contributed by atoms with E-state index in [0.717, 1.165) is 28.5 Å². The van der Waals surface area contributed by atoms with Gasteiger partial charge in [-0.2, -0.15) is 18.2 Å². The van der Waals surface area contributed by atoms with Crippen molar-refractivity contribution in [2.45, 2.75) is 32.1 Å². The number of anilines is 2. The van der Waals surface area contributed by atoms with E-state index >= 15 is 4.39 Å². The molecule has 38 heavy (non-hydrogen) atoms. The number of carbonyl (C=O) groups is 1. The van der Waals surface area contributed by atoms with Crippen LogP contribution in [0.15, 0.2) is 30.3 Å². The summed E-state index contributed by atoms with van der Waals surface area (Å²) in [4.78, 5) is 20.5. The number of aryl methyl sites for hydroxylation is 1. The zero-order valence-corrected chi connectivity index (χ0v) is 21.4. The van der Waals surface area contributed by atoms with E-state index in [1.165, 1.54) is 0 Å². The van der Waals surface area contributed by atoms with Gasteiger partial charge < -0.3 is 29.7 Å². The van der Waals surface area contributed by atoms with Crippen molar-refractivity contribution in [2.75, 3.05) is 62.8 Å². The molecule has 2 aliphatic heterocycles. The molecule has 0 aliphatic carbocycles. The summed E-state index contributed by atoms with van der Waals surface area (Å²) in [6.07, 6.45) is -5.06. The number of nitrogens with zero attached hydrogens (tertiary/aromatic N) is 3. The SMILES string of the molecule is Cc1ccc(NC(=O)N2CCC(F)(C(C)C(F)(F)F)C2)cc1-c1cc(OCCO)nc(N2CCOCC2)c1. The smallest absolute Gasteiger partial charge is 0.394 e. The molecular weight excluding hydrogens is 508 g/mol. The highest BCUT2D eigenvalue weighted by Crippen LogP contribution is 2.42. The summed E-state index contributed by atoms with van der Waals surface area (Å²) in [6, 6.07) is 8.22. The number of carbonyl (C=O) groups excluding carboxylic acids is 1. The number of benzene rings is 1. The second-order valence-corrected chi connectivity index (χ2v) is 9.65. The average Bonchev–Trinajstić information content (AvgIpc) is 3.31. The number of likely N-dealkylation sites (tertiary alicyclic amines) is 1. The highest BCUT2D eigenvalue weighted by Gasteiger charge is 2.55. The van der Waals surface area contributed by atoms with Gasteiger partial charge in [0.15, 0.2) is 0 Å². The van der Waals surface area contributed by atoms with Crippen LogP contribution < -0.4 is 15.0 Å². The molecule has 0 spiro atoms. The van der Waals surface area contributed by atoms with E-state index in [9.17, 15) is 23.1 Å². The Kier molecular flexibility index (Phi) is 8.31. The third-order valence-electron chi connectivity index (χ3n) is 7.07. The molecule has 2 aliphatic rings. The van der Waals surface area contributed by atoms with Gasteiger partial charge in [0.05, 0.1) is 32.3 Å². The molecule has 0 radical (unpaired) electrons. The molecule has 2 saturated heterocycles. The summed E-state index contributed by atoms with van der Waals surface area (Å²) in [6.45, 7) is 4.33. The minimum atomic E-state index is -4.68. The van der Waals surface area contributed by atoms with Crippen LogP contribution in [0.25, 0.3) is 11.1 Å². The van der Waals surface area contributed by atoms with Gasteiger partial charge in [-0.3, -0.25) is 0 Å². The summed E-state index contributed by atoms with van der Waals surface area (Å²) in [7, 11) is 0. The van der Waals surface area contributed by atoms with Gasteiger partial charge >= 0.3 is 12.2 Å². The Morgan fingerprint density at radius 3 is 2.66 bits per heavy atom. The third-order valence-corrected chi connectivity index (χ3v) is 7.07. The van der Waals surface area contributed by atoms with Crippen molar-refractivity contribution in [3.8, 4) is 17.0 Å². The van der Waals surface area contributed by atoms with Crippen LogP contribution in [0.3, 0.4) is 0 Å². The fourth-order valence-electron chi connectivity index (χ4n) is 4.65. The van der Waals surface area contributed by atoms with Crippen molar-refractivity contribution in [1.82, 2.24) is 9.88 Å². The molecular formula is C26H32F4N4O4. The van der Waals surface area contributed by atoms with E-state index in [-0.39, 0.29) is 26.2 Å². The van der Waals surface area contributed by atoms with E-state index in [1.54, 1.807) is 18.2 Å². The predicted octanol–water partition coefficient (Wildman–Crippen LogP) is 4.41. The van der Waals surface area contributed by atoms with E-state index < -0.39 is 30.3 Å². The van der Waals surface area contributed by atoms with Gasteiger partial charge in [0.25, 0.3) is 0 Å². The zero-order valence-electron chi connectivity index (χ0n) is 21.4. The number of aromatic nitrogens is 1. The van der Waals surface area contributed by atoms with Gasteiger partial charge in [-0.25, -0.2) is 9.18 Å². The number of aliphatic hydroxyl groups is 1. The van der Waals surface area contributed by atoms with Crippen molar-refractivity contribution in [3.63, 3.8) is 0 Å². The van der Waals surface area contributed by atoms with Gasteiger partial charge in [-0.05, 0) is 41.8 Å². The maximum Gasteiger partial charge on any atom is 0.394 e. The molecule has 0 bridgehead atoms. The minimum absolute atomic E-state index is 0.0763. The molecule has 2 unspecified atom stereocenters. The molecule has 1 aromatic carbocycles. The highest BCUT2D eigenvalue weighted by molar-refractivity contribution is 5.91. The molecule has 2 amide bonds. The molecule has 8 nitrogen and oxygen atoms in total. The van der Waals surface area contributed by atoms with E-state index in [2.05, 4.69) is 15.2 Å². The van der Waals surface area contributed by atoms with Crippen LogP contribution in [0.1, 0.15) is 18.9 Å². The van der Waals surface area contributed by atoms with Crippen LogP contribution in [0, 0.1) is 12.8 Å². The highest BCUT2D eigenvalue weighted by atomic mass is 19.4. The fourth-order valence-corrected chi connectivity index (χ4v) is 4.65. The molecule has 4 rings (SSSR count). The lowest BCUT2D eigenvalue weighted by molar-refractivity contribution is -0.202. The van der Waals surface area contributed by atoms with Gasteiger partial charge in [-0.1, -0.05) is 13.0 Å². The minimum Gasteiger partial charge on any atom is -0.475 e. The third kappa shape index (κ3) is 6.29. The van der Waals surface area contributed by atoms with Crippen LogP contribution in [0.2, 0.25) is 0 Å². The van der Waals surface area contributed by atoms with Crippen molar-refractivity contribution < 1.29 is 36.9 Å². The number of hydrogen-bond donors (Lipinski definition) is 2. The first-order chi connectivity index (χ1) is 18.0. The molecule has 3 heterocycles. The normalized spacial score (nSPS) is 20.9. The topological polar surface area (TPSA) is 87.2 Å². The number of urea groups is 1. The Labute approximate surface area is 218 Å². The van der Waals surface area contributed by atoms with E-state index in [1.807, 2.05) is 19.1 Å². The summed E-state index contributed by atoms with van der Waals surface area (Å²) < 4.78 is 65.4. The first-order valence-corrected chi connectivity index (χ1v) is 12.5. The molecule has 2 aromatic rings. The van der Waals surface area contributed by atoms with Crippen molar-refractivity contribution in [2.24, 2.45) is 5.92 Å². The van der Waals surface area contributed by atoms with Gasteiger partial charge in [0.1, 0.15) is 18.1 Å².